The molecule has 0 aromatic heterocycles. The first kappa shape index (κ1) is 29.8. The van der Waals surface area contributed by atoms with Crippen LogP contribution < -0.4 is 0 Å². The van der Waals surface area contributed by atoms with Crippen LogP contribution in [0.1, 0.15) is 85.0 Å². The van der Waals surface area contributed by atoms with Crippen molar-refractivity contribution in [1.82, 2.24) is 4.90 Å². The smallest absolute Gasteiger partial charge is 0.315 e. The second-order valence-corrected chi connectivity index (χ2v) is 14.8. The van der Waals surface area contributed by atoms with Crippen molar-refractivity contribution in [2.45, 2.75) is 103 Å². The van der Waals surface area contributed by atoms with E-state index in [0.29, 0.717) is 24.4 Å². The molecule has 0 amide bonds. The number of likely N-dealkylation sites (tertiary alicyclic amines) is 1. The Morgan fingerprint density at radius 2 is 1.88 bits per heavy atom. The molecule has 4 bridgehead atoms. The predicted molar refractivity (Wildman–Crippen MR) is 156 cm³/mol. The topological polar surface area (TPSA) is 85.3 Å². The Kier molecular flexibility index (Phi) is 8.23. The highest BCUT2D eigenvalue weighted by Gasteiger charge is 2.86. The maximum absolute atomic E-state index is 13.8. The number of ether oxygens (including phenoxy) is 3. The monoisotopic (exact) mass is 571 g/mol. The molecule has 2 aliphatic heterocycles. The first-order chi connectivity index (χ1) is 19.7. The maximum Gasteiger partial charge on any atom is 0.315 e. The molecule has 1 N–H and O–H groups in total. The molecule has 230 valence electrons. The van der Waals surface area contributed by atoms with E-state index in [1.54, 1.807) is 7.11 Å². The van der Waals surface area contributed by atoms with E-state index in [-0.39, 0.29) is 30.0 Å². The Morgan fingerprint density at radius 3 is 2.56 bits per heavy atom. The summed E-state index contributed by atoms with van der Waals surface area (Å²) in [7, 11) is 1.74. The van der Waals surface area contributed by atoms with Gasteiger partial charge in [-0.3, -0.25) is 4.79 Å². The van der Waals surface area contributed by atoms with Crippen LogP contribution in [0.2, 0.25) is 0 Å². The van der Waals surface area contributed by atoms with E-state index < -0.39 is 22.2 Å². The lowest BCUT2D eigenvalue weighted by Gasteiger charge is -2.60. The third kappa shape index (κ3) is 4.26. The van der Waals surface area contributed by atoms with E-state index in [4.69, 9.17) is 14.2 Å². The molecular formula is C34H53NO6. The molecule has 0 spiro atoms. The Hall–Kier alpha value is -1.28. The van der Waals surface area contributed by atoms with Crippen molar-refractivity contribution in [3.8, 4) is 0 Å². The molecule has 4 aliphatic carbocycles. The predicted octanol–water partition coefficient (Wildman–Crippen LogP) is 5.37. The average Bonchev–Trinajstić information content (AvgIpc) is 3.69. The third-order valence-corrected chi connectivity index (χ3v) is 12.8. The molecule has 6 unspecified atom stereocenters. The van der Waals surface area contributed by atoms with Crippen molar-refractivity contribution < 1.29 is 28.9 Å². The van der Waals surface area contributed by atoms with Gasteiger partial charge in [-0.15, -0.1) is 0 Å². The Labute approximate surface area is 246 Å². The molecule has 6 aliphatic rings. The zero-order valence-electron chi connectivity index (χ0n) is 25.8. The lowest BCUT2D eigenvalue weighted by Crippen LogP contribution is -2.65. The number of hydrogen-bond donors (Lipinski definition) is 1. The zero-order valence-corrected chi connectivity index (χ0v) is 25.8. The standard InChI is InChI=1S/C34H53NO6/c1-22(2)29-17-24-18-32(21-36)28-9-7-23(3)27(28)19-33(24,34(29,32)31(37)38)30-10-8-26(41-30)20-35-13-11-25(12-14-35)40-16-6-5-15-39-4/h17,21-28,30H,5-16,18-20H2,1-4H3,(H,37,38)/t23-,24?,26?,27-,28-,30?,32?,33?,34?/m1/s1. The number of allylic oxidation sites excluding steroid dienone is 1. The highest BCUT2D eigenvalue weighted by atomic mass is 16.5. The van der Waals surface area contributed by atoms with Gasteiger partial charge in [0.25, 0.3) is 0 Å². The van der Waals surface area contributed by atoms with Gasteiger partial charge in [0.15, 0.2) is 0 Å². The summed E-state index contributed by atoms with van der Waals surface area (Å²) in [6.45, 7) is 11.1. The molecule has 6 rings (SSSR count). The molecule has 41 heavy (non-hydrogen) atoms. The van der Waals surface area contributed by atoms with Crippen molar-refractivity contribution >= 4 is 12.3 Å². The summed E-state index contributed by atoms with van der Waals surface area (Å²) in [4.78, 5) is 29.6. The van der Waals surface area contributed by atoms with E-state index in [1.807, 2.05) is 0 Å². The second-order valence-electron chi connectivity index (χ2n) is 14.8. The Morgan fingerprint density at radius 1 is 1.12 bits per heavy atom. The number of hydrogen-bond acceptors (Lipinski definition) is 6. The number of nitrogens with zero attached hydrogens (tertiary/aromatic N) is 1. The summed E-state index contributed by atoms with van der Waals surface area (Å²) in [6.07, 6.45) is 13.5. The molecule has 0 radical (unpaired) electrons. The van der Waals surface area contributed by atoms with Gasteiger partial charge in [-0.2, -0.15) is 0 Å². The van der Waals surface area contributed by atoms with E-state index in [0.717, 1.165) is 102 Å². The Balaban J connectivity index is 1.18. The van der Waals surface area contributed by atoms with Gasteiger partial charge in [-0.25, -0.2) is 0 Å². The third-order valence-electron chi connectivity index (χ3n) is 12.8. The number of carbonyl (C=O) groups excluding carboxylic acids is 1. The van der Waals surface area contributed by atoms with Gasteiger partial charge in [-0.1, -0.05) is 38.8 Å². The Bertz CT molecular complexity index is 1020. The normalized spacial score (nSPS) is 44.0. The molecule has 9 atom stereocenters. The number of unbranched alkanes of at least 4 members (excludes halogenated alkanes) is 1. The first-order valence-electron chi connectivity index (χ1n) is 16.7. The van der Waals surface area contributed by atoms with Crippen LogP contribution >= 0.6 is 0 Å². The SMILES string of the molecule is COCCCCOC1CCN(CC2CCC(C34C[C@@H]5[C@H](C)CC[C@H]5C5(C=O)CC3C=C(C(C)C)C45C(=O)O)O2)CC1. The first-order valence-corrected chi connectivity index (χ1v) is 16.7. The van der Waals surface area contributed by atoms with E-state index >= 15 is 0 Å². The quantitative estimate of drug-likeness (QED) is 0.192. The van der Waals surface area contributed by atoms with Gasteiger partial charge >= 0.3 is 5.97 Å². The molecule has 3 saturated carbocycles. The van der Waals surface area contributed by atoms with Crippen molar-refractivity contribution in [2.24, 2.45) is 45.8 Å². The number of aldehydes is 1. The second kappa shape index (κ2) is 11.3. The van der Waals surface area contributed by atoms with Crippen molar-refractivity contribution in [2.75, 3.05) is 40.0 Å². The average molecular weight is 572 g/mol. The largest absolute Gasteiger partial charge is 0.481 e. The van der Waals surface area contributed by atoms with E-state index in [9.17, 15) is 14.7 Å². The molecular weight excluding hydrogens is 518 g/mol. The van der Waals surface area contributed by atoms with Crippen LogP contribution in [0.4, 0.5) is 0 Å². The van der Waals surface area contributed by atoms with Crippen LogP contribution in [0.5, 0.6) is 0 Å². The minimum atomic E-state index is -1.13. The number of piperidine rings is 1. The van der Waals surface area contributed by atoms with Gasteiger partial charge in [-0.05, 0) is 87.4 Å². The highest BCUT2D eigenvalue weighted by molar-refractivity contribution is 5.90. The summed E-state index contributed by atoms with van der Waals surface area (Å²) < 4.78 is 18.3. The fraction of sp³-hybridized carbons (Fsp3) is 0.882. The molecule has 0 aromatic carbocycles. The molecule has 2 saturated heterocycles. The number of fused-ring (bicyclic) bond motifs is 2. The van der Waals surface area contributed by atoms with Gasteiger partial charge in [0, 0.05) is 45.4 Å². The van der Waals surface area contributed by atoms with E-state index in [2.05, 4.69) is 31.7 Å². The number of aliphatic carboxylic acids is 1. The fourth-order valence-electron chi connectivity index (χ4n) is 11.2. The van der Waals surface area contributed by atoms with Crippen LogP contribution in [0.25, 0.3) is 0 Å². The summed E-state index contributed by atoms with van der Waals surface area (Å²) in [5, 5.41) is 11.3. The highest BCUT2D eigenvalue weighted by Crippen LogP contribution is 2.84. The van der Waals surface area contributed by atoms with Gasteiger partial charge in [0.2, 0.25) is 0 Å². The minimum absolute atomic E-state index is 0.103. The summed E-state index contributed by atoms with van der Waals surface area (Å²) >= 11 is 0. The van der Waals surface area contributed by atoms with Crippen molar-refractivity contribution in [3.63, 3.8) is 0 Å². The summed E-state index contributed by atoms with van der Waals surface area (Å²) in [5.74, 6) is 0.566. The van der Waals surface area contributed by atoms with Crippen LogP contribution in [-0.4, -0.2) is 80.5 Å². The zero-order chi connectivity index (χ0) is 29.0. The van der Waals surface area contributed by atoms with Crippen LogP contribution in [-0.2, 0) is 23.8 Å². The number of carbonyl (C=O) groups is 2. The van der Waals surface area contributed by atoms with Crippen LogP contribution in [0, 0.1) is 45.8 Å². The fourth-order valence-corrected chi connectivity index (χ4v) is 11.2. The molecule has 2 heterocycles. The minimum Gasteiger partial charge on any atom is -0.481 e. The number of methoxy groups -OCH3 is 1. The molecule has 0 aromatic rings. The molecule has 7 nitrogen and oxygen atoms in total. The maximum atomic E-state index is 13.8. The lowest BCUT2D eigenvalue weighted by atomic mass is 9.41. The van der Waals surface area contributed by atoms with Crippen molar-refractivity contribution in [3.05, 3.63) is 11.6 Å². The van der Waals surface area contributed by atoms with Gasteiger partial charge < -0.3 is 29.0 Å². The van der Waals surface area contributed by atoms with Gasteiger partial charge in [0.05, 0.1) is 23.7 Å². The van der Waals surface area contributed by atoms with Gasteiger partial charge in [0.1, 0.15) is 11.7 Å². The summed E-state index contributed by atoms with van der Waals surface area (Å²) in [6, 6.07) is 0. The van der Waals surface area contributed by atoms with Crippen molar-refractivity contribution in [1.29, 1.82) is 0 Å². The van der Waals surface area contributed by atoms with E-state index in [1.165, 1.54) is 0 Å². The van der Waals surface area contributed by atoms with Crippen LogP contribution in [0.3, 0.4) is 0 Å². The lowest BCUT2D eigenvalue weighted by molar-refractivity contribution is -0.197. The molecule has 7 heteroatoms. The number of rotatable bonds is 12. The number of carboxylic acids is 1. The summed E-state index contributed by atoms with van der Waals surface area (Å²) in [5.41, 5.74) is -1.44. The molecule has 5 fully saturated rings. The van der Waals surface area contributed by atoms with Crippen LogP contribution in [0.15, 0.2) is 11.6 Å². The number of carboxylic acid groups (broad SMARTS) is 1.